The number of rotatable bonds is 0. The van der Waals surface area contributed by atoms with Gasteiger partial charge in [-0.1, -0.05) is 11.3 Å². The molecule has 1 aliphatic rings. The molecule has 0 unspecified atom stereocenters. The Bertz CT molecular complexity index is 687. The fourth-order valence-electron chi connectivity index (χ4n) is 2.54. The molecule has 2 nitrogen and oxygen atoms in total. The Morgan fingerprint density at radius 1 is 1.37 bits per heavy atom. The summed E-state index contributed by atoms with van der Waals surface area (Å²) >= 11 is 1.12. The van der Waals surface area contributed by atoms with Gasteiger partial charge in [-0.15, -0.1) is 12.4 Å². The number of nitrogens with zero attached hydrogens (tertiary/aromatic N) is 1. The number of thiazole rings is 1. The van der Waals surface area contributed by atoms with Gasteiger partial charge in [0.15, 0.2) is 4.80 Å². The number of hydrogen-bond acceptors (Lipinski definition) is 2. The monoisotopic (exact) mass is 308 g/mol. The number of alkyl halides is 3. The normalized spacial score (nSPS) is 18.4. The van der Waals surface area contributed by atoms with E-state index in [1.165, 1.54) is 6.07 Å². The summed E-state index contributed by atoms with van der Waals surface area (Å²) < 4.78 is 40.8. The Hall–Kier alpha value is -1.01. The van der Waals surface area contributed by atoms with E-state index in [1.807, 2.05) is 11.5 Å². The minimum atomic E-state index is -4.31. The minimum absolute atomic E-state index is 0. The Morgan fingerprint density at radius 3 is 2.68 bits per heavy atom. The average Bonchev–Trinajstić information content (AvgIpc) is 2.60. The van der Waals surface area contributed by atoms with Gasteiger partial charge in [0.05, 0.1) is 15.8 Å². The molecule has 19 heavy (non-hydrogen) atoms. The molecule has 1 aromatic heterocycles. The first-order chi connectivity index (χ1) is 8.38. The van der Waals surface area contributed by atoms with Gasteiger partial charge < -0.3 is 4.57 Å². The van der Waals surface area contributed by atoms with Gasteiger partial charge in [0.25, 0.3) is 0 Å². The second kappa shape index (κ2) is 4.52. The van der Waals surface area contributed by atoms with Crippen LogP contribution in [0.5, 0.6) is 0 Å². The van der Waals surface area contributed by atoms with E-state index in [2.05, 4.69) is 0 Å². The Morgan fingerprint density at radius 2 is 2.05 bits per heavy atom. The van der Waals surface area contributed by atoms with E-state index in [-0.39, 0.29) is 18.4 Å². The summed E-state index contributed by atoms with van der Waals surface area (Å²) in [4.78, 5) is 0.331. The summed E-state index contributed by atoms with van der Waals surface area (Å²) in [7, 11) is 0. The maximum atomic E-state index is 12.8. The van der Waals surface area contributed by atoms with Crippen LogP contribution in [0.15, 0.2) is 12.1 Å². The van der Waals surface area contributed by atoms with Crippen LogP contribution in [-0.2, 0) is 12.6 Å². The summed E-state index contributed by atoms with van der Waals surface area (Å²) in [6.45, 7) is 2.00. The molecular formula is C12H12ClF3N2S. The predicted octanol–water partition coefficient (Wildman–Crippen LogP) is 4.13. The van der Waals surface area contributed by atoms with Gasteiger partial charge in [-0.2, -0.15) is 13.2 Å². The van der Waals surface area contributed by atoms with Gasteiger partial charge in [0.1, 0.15) is 0 Å². The van der Waals surface area contributed by atoms with Crippen LogP contribution in [0.25, 0.3) is 10.2 Å². The second-order valence-electron chi connectivity index (χ2n) is 4.64. The molecule has 1 atom stereocenters. The molecule has 1 N–H and O–H groups in total. The number of halogens is 4. The smallest absolute Gasteiger partial charge is 0.314 e. The molecule has 0 fully saturated rings. The van der Waals surface area contributed by atoms with Gasteiger partial charge >= 0.3 is 6.18 Å². The lowest BCUT2D eigenvalue weighted by molar-refractivity contribution is -0.137. The number of aryl methyl sites for hydroxylation is 1. The van der Waals surface area contributed by atoms with Crippen molar-refractivity contribution in [2.24, 2.45) is 0 Å². The standard InChI is InChI=1S/C12H11F3N2S.ClH/c1-6-2-3-7-4-8(12(13,14)15)5-9-10(7)17(6)11(16)18-9;/h4-6,16H,2-3H2,1H3;1H/t6-;/m1./s1. The molecule has 2 heterocycles. The molecule has 0 aliphatic carbocycles. The zero-order valence-electron chi connectivity index (χ0n) is 10.0. The molecule has 0 saturated carbocycles. The van der Waals surface area contributed by atoms with Crippen molar-refractivity contribution in [2.75, 3.05) is 0 Å². The van der Waals surface area contributed by atoms with Crippen molar-refractivity contribution in [3.05, 3.63) is 28.1 Å². The molecule has 0 amide bonds. The summed E-state index contributed by atoms with van der Waals surface area (Å²) in [5, 5.41) is 7.89. The molecule has 0 saturated heterocycles. The van der Waals surface area contributed by atoms with Gasteiger partial charge in [0, 0.05) is 6.04 Å². The summed E-state index contributed by atoms with van der Waals surface area (Å²) in [5.41, 5.74) is 0.928. The second-order valence-corrected chi connectivity index (χ2v) is 5.68. The van der Waals surface area contributed by atoms with Crippen LogP contribution < -0.4 is 4.80 Å². The van der Waals surface area contributed by atoms with E-state index < -0.39 is 11.7 Å². The van der Waals surface area contributed by atoms with Crippen molar-refractivity contribution >= 4 is 34.0 Å². The van der Waals surface area contributed by atoms with Crippen LogP contribution in [-0.4, -0.2) is 4.57 Å². The van der Waals surface area contributed by atoms with Crippen molar-refractivity contribution in [2.45, 2.75) is 32.0 Å². The highest BCUT2D eigenvalue weighted by molar-refractivity contribution is 7.16. The SMILES string of the molecule is C[C@@H]1CCc2cc(C(F)(F)F)cc3sc(=N)n1c23.Cl. The van der Waals surface area contributed by atoms with E-state index in [0.717, 1.165) is 29.3 Å². The van der Waals surface area contributed by atoms with Crippen LogP contribution >= 0.6 is 23.7 Å². The fraction of sp³-hybridized carbons (Fsp3) is 0.417. The van der Waals surface area contributed by atoms with Gasteiger partial charge in [-0.05, 0) is 37.5 Å². The third-order valence-electron chi connectivity index (χ3n) is 3.42. The molecule has 0 spiro atoms. The maximum absolute atomic E-state index is 12.8. The largest absolute Gasteiger partial charge is 0.416 e. The highest BCUT2D eigenvalue weighted by Crippen LogP contribution is 2.37. The van der Waals surface area contributed by atoms with E-state index in [4.69, 9.17) is 5.41 Å². The number of nitrogens with one attached hydrogen (secondary N) is 1. The van der Waals surface area contributed by atoms with Crippen molar-refractivity contribution in [3.63, 3.8) is 0 Å². The lowest BCUT2D eigenvalue weighted by Gasteiger charge is -2.22. The van der Waals surface area contributed by atoms with Crippen molar-refractivity contribution < 1.29 is 13.2 Å². The highest BCUT2D eigenvalue weighted by atomic mass is 35.5. The van der Waals surface area contributed by atoms with Gasteiger partial charge in [0.2, 0.25) is 0 Å². The van der Waals surface area contributed by atoms with Crippen LogP contribution in [0, 0.1) is 5.41 Å². The molecule has 1 aromatic carbocycles. The zero-order valence-corrected chi connectivity index (χ0v) is 11.7. The number of hydrogen-bond donors (Lipinski definition) is 1. The van der Waals surface area contributed by atoms with Crippen LogP contribution in [0.4, 0.5) is 13.2 Å². The van der Waals surface area contributed by atoms with Crippen LogP contribution in [0.2, 0.25) is 0 Å². The van der Waals surface area contributed by atoms with E-state index >= 15 is 0 Å². The average molecular weight is 309 g/mol. The van der Waals surface area contributed by atoms with Crippen molar-refractivity contribution in [3.8, 4) is 0 Å². The summed E-state index contributed by atoms with van der Waals surface area (Å²) in [5.74, 6) is 0. The minimum Gasteiger partial charge on any atom is -0.314 e. The highest BCUT2D eigenvalue weighted by Gasteiger charge is 2.33. The predicted molar refractivity (Wildman–Crippen MR) is 71.0 cm³/mol. The van der Waals surface area contributed by atoms with Crippen molar-refractivity contribution in [1.29, 1.82) is 5.41 Å². The lowest BCUT2D eigenvalue weighted by Crippen LogP contribution is -2.22. The first kappa shape index (κ1) is 14.4. The molecule has 2 aromatic rings. The van der Waals surface area contributed by atoms with Gasteiger partial charge in [-0.25, -0.2) is 0 Å². The quantitative estimate of drug-likeness (QED) is 0.758. The first-order valence-electron chi connectivity index (χ1n) is 5.67. The van der Waals surface area contributed by atoms with Crippen LogP contribution in [0.3, 0.4) is 0 Å². The van der Waals surface area contributed by atoms with Gasteiger partial charge in [-0.3, -0.25) is 5.41 Å². The van der Waals surface area contributed by atoms with E-state index in [0.29, 0.717) is 21.5 Å². The first-order valence-corrected chi connectivity index (χ1v) is 6.49. The maximum Gasteiger partial charge on any atom is 0.416 e. The van der Waals surface area contributed by atoms with Crippen LogP contribution in [0.1, 0.15) is 30.5 Å². The fourth-order valence-corrected chi connectivity index (χ4v) is 3.63. The number of benzene rings is 1. The molecule has 7 heteroatoms. The lowest BCUT2D eigenvalue weighted by atomic mass is 9.98. The number of aromatic nitrogens is 1. The third-order valence-corrected chi connectivity index (χ3v) is 4.34. The molecule has 1 aliphatic heterocycles. The third kappa shape index (κ3) is 2.17. The molecule has 0 bridgehead atoms. The summed E-state index contributed by atoms with van der Waals surface area (Å²) in [6, 6.07) is 2.59. The van der Waals surface area contributed by atoms with E-state index in [9.17, 15) is 13.2 Å². The van der Waals surface area contributed by atoms with E-state index in [1.54, 1.807) is 0 Å². The summed E-state index contributed by atoms with van der Waals surface area (Å²) in [6.07, 6.45) is -2.88. The Kier molecular flexibility index (Phi) is 3.43. The molecule has 104 valence electrons. The van der Waals surface area contributed by atoms with Crippen molar-refractivity contribution in [1.82, 2.24) is 4.57 Å². The molecule has 3 rings (SSSR count). The topological polar surface area (TPSA) is 28.8 Å². The Balaban J connectivity index is 0.00000133. The zero-order chi connectivity index (χ0) is 13.1. The molecule has 0 radical (unpaired) electrons. The Labute approximate surface area is 117 Å². The molecular weight excluding hydrogens is 297 g/mol.